The molecule has 0 saturated carbocycles. The van der Waals surface area contributed by atoms with Crippen LogP contribution in [-0.4, -0.2) is 6.36 Å². The topological polar surface area (TPSA) is 9.23 Å². The van der Waals surface area contributed by atoms with E-state index in [1.54, 1.807) is 0 Å². The zero-order valence-corrected chi connectivity index (χ0v) is 17.6. The number of rotatable bonds is 3. The first-order valence-corrected chi connectivity index (χ1v) is 9.92. The van der Waals surface area contributed by atoms with Crippen molar-refractivity contribution < 1.29 is 35.5 Å². The molecular formula is C26H15F7O. The Morgan fingerprint density at radius 1 is 0.676 bits per heavy atom. The highest BCUT2D eigenvalue weighted by atomic mass is 19.4. The van der Waals surface area contributed by atoms with E-state index in [1.165, 1.54) is 36.4 Å². The van der Waals surface area contributed by atoms with Crippen LogP contribution in [0.4, 0.5) is 30.7 Å². The maximum Gasteiger partial charge on any atom is 0.573 e. The number of aryl methyl sites for hydroxylation is 1. The van der Waals surface area contributed by atoms with E-state index in [9.17, 15) is 30.7 Å². The molecule has 0 atom stereocenters. The van der Waals surface area contributed by atoms with Crippen molar-refractivity contribution in [2.75, 3.05) is 0 Å². The van der Waals surface area contributed by atoms with Crippen LogP contribution in [0.25, 0.3) is 0 Å². The third kappa shape index (κ3) is 6.55. The summed E-state index contributed by atoms with van der Waals surface area (Å²) >= 11 is 0. The number of benzene rings is 3. The maximum absolute atomic E-state index is 14.1. The van der Waals surface area contributed by atoms with E-state index in [0.29, 0.717) is 35.2 Å². The summed E-state index contributed by atoms with van der Waals surface area (Å²) in [6.07, 6.45) is -3.94. The molecule has 0 N–H and O–H groups in total. The molecular weight excluding hydrogens is 461 g/mol. The fourth-order valence-electron chi connectivity index (χ4n) is 2.94. The molecule has 0 bridgehead atoms. The molecule has 0 spiro atoms. The lowest BCUT2D eigenvalue weighted by atomic mass is 10.1. The van der Waals surface area contributed by atoms with Crippen molar-refractivity contribution in [3.05, 3.63) is 99.6 Å². The van der Waals surface area contributed by atoms with E-state index >= 15 is 0 Å². The average molecular weight is 476 g/mol. The highest BCUT2D eigenvalue weighted by Crippen LogP contribution is 2.29. The standard InChI is InChI=1S/C26H15F7O/c1-2-3-18-12-21(27)20(22(28)13-18)11-10-17-6-4-16(5-7-17)8-9-19-14-23(29)25(24(30)15-19)34-26(31,32)33/h4-7,12-15H,2-3H2,1H3. The lowest BCUT2D eigenvalue weighted by molar-refractivity contribution is -0.276. The van der Waals surface area contributed by atoms with E-state index in [4.69, 9.17) is 0 Å². The first kappa shape index (κ1) is 24.7. The van der Waals surface area contributed by atoms with Crippen molar-refractivity contribution in [3.63, 3.8) is 0 Å². The first-order valence-electron chi connectivity index (χ1n) is 9.92. The minimum Gasteiger partial charge on any atom is -0.399 e. The highest BCUT2D eigenvalue weighted by Gasteiger charge is 2.34. The predicted molar refractivity (Wildman–Crippen MR) is 112 cm³/mol. The molecule has 0 radical (unpaired) electrons. The number of ether oxygens (including phenoxy) is 1. The van der Waals surface area contributed by atoms with Gasteiger partial charge in [0.1, 0.15) is 11.6 Å². The predicted octanol–water partition coefficient (Wildman–Crippen LogP) is 6.89. The fraction of sp³-hybridized carbons (Fsp3) is 0.154. The van der Waals surface area contributed by atoms with Gasteiger partial charge in [0.05, 0.1) is 5.56 Å². The number of hydrogen-bond acceptors (Lipinski definition) is 1. The molecule has 34 heavy (non-hydrogen) atoms. The molecule has 174 valence electrons. The second-order valence-electron chi connectivity index (χ2n) is 7.08. The van der Waals surface area contributed by atoms with E-state index in [-0.39, 0.29) is 11.1 Å². The summed E-state index contributed by atoms with van der Waals surface area (Å²) in [5.41, 5.74) is 0.848. The smallest absolute Gasteiger partial charge is 0.399 e. The van der Waals surface area contributed by atoms with Gasteiger partial charge in [0.15, 0.2) is 11.6 Å². The highest BCUT2D eigenvalue weighted by molar-refractivity contribution is 5.49. The average Bonchev–Trinajstić information content (AvgIpc) is 2.75. The molecule has 0 heterocycles. The summed E-state index contributed by atoms with van der Waals surface area (Å²) < 4.78 is 95.8. The van der Waals surface area contributed by atoms with Crippen LogP contribution in [0, 0.1) is 47.0 Å². The van der Waals surface area contributed by atoms with Crippen LogP contribution in [-0.2, 0) is 6.42 Å². The molecule has 3 aromatic carbocycles. The molecule has 0 amide bonds. The molecule has 0 aromatic heterocycles. The van der Waals surface area contributed by atoms with E-state index in [0.717, 1.165) is 6.42 Å². The summed E-state index contributed by atoms with van der Waals surface area (Å²) in [4.78, 5) is 0. The lowest BCUT2D eigenvalue weighted by Crippen LogP contribution is -2.19. The molecule has 0 saturated heterocycles. The van der Waals surface area contributed by atoms with E-state index in [1.807, 2.05) is 6.92 Å². The second kappa shape index (κ2) is 10.4. The van der Waals surface area contributed by atoms with Crippen molar-refractivity contribution in [3.8, 4) is 29.4 Å². The number of halogens is 7. The van der Waals surface area contributed by atoms with Gasteiger partial charge in [-0.2, -0.15) is 0 Å². The first-order chi connectivity index (χ1) is 16.1. The minimum atomic E-state index is -5.24. The van der Waals surface area contributed by atoms with Crippen LogP contribution in [0.2, 0.25) is 0 Å². The third-order valence-corrected chi connectivity index (χ3v) is 4.42. The monoisotopic (exact) mass is 476 g/mol. The van der Waals surface area contributed by atoms with Crippen LogP contribution < -0.4 is 4.74 Å². The van der Waals surface area contributed by atoms with Crippen molar-refractivity contribution in [1.29, 1.82) is 0 Å². The normalized spacial score (nSPS) is 10.7. The van der Waals surface area contributed by atoms with E-state index < -0.39 is 35.4 Å². The van der Waals surface area contributed by atoms with Gasteiger partial charge in [-0.15, -0.1) is 13.2 Å². The Labute approximate surface area is 191 Å². The fourth-order valence-corrected chi connectivity index (χ4v) is 2.94. The summed E-state index contributed by atoms with van der Waals surface area (Å²) in [7, 11) is 0. The molecule has 3 rings (SSSR count). The van der Waals surface area contributed by atoms with Gasteiger partial charge in [0, 0.05) is 16.7 Å². The second-order valence-corrected chi connectivity index (χ2v) is 7.08. The zero-order valence-electron chi connectivity index (χ0n) is 17.6. The van der Waals surface area contributed by atoms with Crippen LogP contribution in [0.15, 0.2) is 48.5 Å². The Balaban J connectivity index is 1.77. The van der Waals surface area contributed by atoms with E-state index in [2.05, 4.69) is 28.4 Å². The Kier molecular flexibility index (Phi) is 7.53. The summed E-state index contributed by atoms with van der Waals surface area (Å²) in [5.74, 6) is 4.02. The SMILES string of the molecule is CCCc1cc(F)c(C#Cc2ccc(C#Cc3cc(F)c(OC(F)(F)F)c(F)c3)cc2)c(F)c1. The molecule has 0 aliphatic rings. The molecule has 3 aromatic rings. The van der Waals surface area contributed by atoms with Crippen LogP contribution in [0.5, 0.6) is 5.75 Å². The largest absolute Gasteiger partial charge is 0.573 e. The van der Waals surface area contributed by atoms with Crippen molar-refractivity contribution in [2.45, 2.75) is 26.1 Å². The molecule has 0 fully saturated rings. The Morgan fingerprint density at radius 3 is 1.62 bits per heavy atom. The van der Waals surface area contributed by atoms with Crippen molar-refractivity contribution in [1.82, 2.24) is 0 Å². The quantitative estimate of drug-likeness (QED) is 0.295. The van der Waals surface area contributed by atoms with Crippen LogP contribution in [0.3, 0.4) is 0 Å². The molecule has 1 nitrogen and oxygen atoms in total. The lowest BCUT2D eigenvalue weighted by Gasteiger charge is -2.10. The Morgan fingerprint density at radius 2 is 1.15 bits per heavy atom. The van der Waals surface area contributed by atoms with Crippen molar-refractivity contribution in [2.24, 2.45) is 0 Å². The summed E-state index contributed by atoms with van der Waals surface area (Å²) in [6.45, 7) is 1.90. The van der Waals surface area contributed by atoms with Crippen LogP contribution in [0.1, 0.15) is 41.2 Å². The van der Waals surface area contributed by atoms with Gasteiger partial charge < -0.3 is 4.74 Å². The number of alkyl halides is 3. The van der Waals surface area contributed by atoms with Gasteiger partial charge in [0.25, 0.3) is 0 Å². The minimum absolute atomic E-state index is 0.203. The summed E-state index contributed by atoms with van der Waals surface area (Å²) in [5, 5.41) is 0. The maximum atomic E-state index is 14.1. The molecule has 0 unspecified atom stereocenters. The summed E-state index contributed by atoms with van der Waals surface area (Å²) in [6, 6.07) is 9.83. The Bertz CT molecular complexity index is 1270. The van der Waals surface area contributed by atoms with Gasteiger partial charge >= 0.3 is 6.36 Å². The Hall–Kier alpha value is -3.91. The zero-order chi connectivity index (χ0) is 24.9. The molecule has 0 aliphatic carbocycles. The van der Waals surface area contributed by atoms with Gasteiger partial charge in [-0.3, -0.25) is 0 Å². The third-order valence-electron chi connectivity index (χ3n) is 4.42. The van der Waals surface area contributed by atoms with Gasteiger partial charge in [-0.25, -0.2) is 17.6 Å². The van der Waals surface area contributed by atoms with Crippen molar-refractivity contribution >= 4 is 0 Å². The number of hydrogen-bond donors (Lipinski definition) is 0. The van der Waals surface area contributed by atoms with Gasteiger partial charge in [-0.1, -0.05) is 37.0 Å². The van der Waals surface area contributed by atoms with Gasteiger partial charge in [0.2, 0.25) is 5.75 Å². The molecule has 8 heteroatoms. The molecule has 0 aliphatic heterocycles. The van der Waals surface area contributed by atoms with Crippen LogP contribution >= 0.6 is 0 Å². The van der Waals surface area contributed by atoms with Gasteiger partial charge in [-0.05, 0) is 60.5 Å².